The second-order valence-corrected chi connectivity index (χ2v) is 13.5. The fourth-order valence-electron chi connectivity index (χ4n) is 8.38. The molecule has 37 heavy (non-hydrogen) atoms. The van der Waals surface area contributed by atoms with E-state index in [9.17, 15) is 19.3 Å². The van der Waals surface area contributed by atoms with Crippen LogP contribution in [0.1, 0.15) is 78.1 Å². The van der Waals surface area contributed by atoms with Gasteiger partial charge in [0.2, 0.25) is 0 Å². The van der Waals surface area contributed by atoms with E-state index in [4.69, 9.17) is 16.3 Å². The van der Waals surface area contributed by atoms with Crippen LogP contribution in [0.4, 0.5) is 4.79 Å². The second kappa shape index (κ2) is 11.8. The SMILES string of the molecule is CSCC[C@H](NC(=O)N(CCCl)N=O)C(=O)O[C@H]1CC[C@H]2C3CCC4CC(=O)CC[C@]4(C)[C@H]3CC[C@]12C. The summed E-state index contributed by atoms with van der Waals surface area (Å²) in [7, 11) is 0. The van der Waals surface area contributed by atoms with Crippen molar-refractivity contribution in [2.45, 2.75) is 90.2 Å². The summed E-state index contributed by atoms with van der Waals surface area (Å²) in [6.45, 7) is 4.71. The average Bonchev–Trinajstić information content (AvgIpc) is 3.21. The number of alkyl halides is 1. The number of rotatable bonds is 9. The van der Waals surface area contributed by atoms with Crippen LogP contribution in [0.3, 0.4) is 0 Å². The fraction of sp³-hybridized carbons (Fsp3) is 0.889. The molecule has 0 bridgehead atoms. The van der Waals surface area contributed by atoms with Crippen LogP contribution in [-0.4, -0.2) is 59.4 Å². The van der Waals surface area contributed by atoms with E-state index in [0.29, 0.717) is 46.6 Å². The monoisotopic (exact) mass is 555 g/mol. The fourth-order valence-corrected chi connectivity index (χ4v) is 9.01. The Balaban J connectivity index is 1.44. The Morgan fingerprint density at radius 1 is 1.16 bits per heavy atom. The molecular weight excluding hydrogens is 514 g/mol. The summed E-state index contributed by atoms with van der Waals surface area (Å²) in [4.78, 5) is 49.1. The number of nitroso groups, excluding NO2 is 1. The van der Waals surface area contributed by atoms with Gasteiger partial charge in [-0.15, -0.1) is 16.5 Å². The van der Waals surface area contributed by atoms with Gasteiger partial charge < -0.3 is 10.1 Å². The number of ketones is 1. The molecule has 4 fully saturated rings. The molecule has 0 aromatic rings. The number of nitrogens with one attached hydrogen (secondary N) is 1. The number of hydrogen-bond acceptors (Lipinski definition) is 7. The van der Waals surface area contributed by atoms with Crippen molar-refractivity contribution in [2.75, 3.05) is 24.4 Å². The van der Waals surface area contributed by atoms with Crippen LogP contribution in [0.15, 0.2) is 5.29 Å². The lowest BCUT2D eigenvalue weighted by Crippen LogP contribution is -2.55. The van der Waals surface area contributed by atoms with E-state index in [1.54, 1.807) is 11.8 Å². The number of nitrogens with zero attached hydrogens (tertiary/aromatic N) is 2. The Morgan fingerprint density at radius 2 is 1.92 bits per heavy atom. The number of thioether (sulfide) groups is 1. The standard InChI is InChI=1S/C27H42ClN3O5S/c1-26-11-8-18(32)16-17(26)4-5-19-20-6-7-23(27(20,2)12-9-21(19)26)36-24(33)22(10-15-37-3)29-25(34)31(30-35)14-13-28/h17,19-23H,4-16H2,1-3H3,(H,29,34)/t17?,19?,20-,21-,22-,23-,26-,27-/m0/s1. The van der Waals surface area contributed by atoms with Crippen LogP contribution in [0.25, 0.3) is 0 Å². The molecule has 2 unspecified atom stereocenters. The van der Waals surface area contributed by atoms with Gasteiger partial charge >= 0.3 is 12.0 Å². The largest absolute Gasteiger partial charge is 0.460 e. The number of fused-ring (bicyclic) bond motifs is 5. The molecule has 4 rings (SSSR count). The number of ether oxygens (including phenoxy) is 1. The average molecular weight is 556 g/mol. The number of urea groups is 1. The smallest absolute Gasteiger partial charge is 0.341 e. The zero-order valence-electron chi connectivity index (χ0n) is 22.4. The first-order chi connectivity index (χ1) is 17.7. The molecule has 208 valence electrons. The molecule has 10 heteroatoms. The summed E-state index contributed by atoms with van der Waals surface area (Å²) in [5.41, 5.74) is 0.176. The molecule has 0 saturated heterocycles. The Morgan fingerprint density at radius 3 is 2.62 bits per heavy atom. The van der Waals surface area contributed by atoms with Gasteiger partial charge in [-0.3, -0.25) is 4.79 Å². The summed E-state index contributed by atoms with van der Waals surface area (Å²) in [5.74, 6) is 3.03. The molecule has 0 aliphatic heterocycles. The summed E-state index contributed by atoms with van der Waals surface area (Å²) < 4.78 is 6.18. The third-order valence-corrected chi connectivity index (χ3v) is 11.3. The van der Waals surface area contributed by atoms with Gasteiger partial charge in [0.15, 0.2) is 0 Å². The molecule has 2 amide bonds. The minimum absolute atomic E-state index is 0.0277. The van der Waals surface area contributed by atoms with E-state index in [1.165, 1.54) is 6.42 Å². The summed E-state index contributed by atoms with van der Waals surface area (Å²) >= 11 is 7.25. The third kappa shape index (κ3) is 5.54. The normalized spacial score (nSPS) is 37.5. The molecule has 8 nitrogen and oxygen atoms in total. The first-order valence-corrected chi connectivity index (χ1v) is 15.8. The van der Waals surface area contributed by atoms with E-state index in [1.807, 2.05) is 6.26 Å². The molecule has 1 N–H and O–H groups in total. The first kappa shape index (κ1) is 28.7. The lowest BCUT2D eigenvalue weighted by molar-refractivity contribution is -0.166. The quantitative estimate of drug-likeness (QED) is 0.173. The lowest BCUT2D eigenvalue weighted by atomic mass is 9.45. The van der Waals surface area contributed by atoms with Crippen LogP contribution in [0, 0.1) is 39.4 Å². The molecule has 8 atom stereocenters. The minimum Gasteiger partial charge on any atom is -0.460 e. The van der Waals surface area contributed by atoms with E-state index in [0.717, 1.165) is 51.4 Å². The predicted molar refractivity (Wildman–Crippen MR) is 145 cm³/mol. The van der Waals surface area contributed by atoms with Crippen molar-refractivity contribution >= 4 is 41.1 Å². The Bertz CT molecular complexity index is 892. The van der Waals surface area contributed by atoms with Crippen molar-refractivity contribution in [3.8, 4) is 0 Å². The second-order valence-electron chi connectivity index (χ2n) is 12.1. The van der Waals surface area contributed by atoms with Crippen LogP contribution in [0.2, 0.25) is 0 Å². The van der Waals surface area contributed by atoms with Crippen LogP contribution in [-0.2, 0) is 14.3 Å². The van der Waals surface area contributed by atoms with E-state index < -0.39 is 18.0 Å². The molecule has 0 spiro atoms. The van der Waals surface area contributed by atoms with Crippen molar-refractivity contribution in [2.24, 2.45) is 39.8 Å². The van der Waals surface area contributed by atoms with E-state index >= 15 is 0 Å². The number of Topliss-reactive ketones (excluding diaryl/α,β-unsaturated/α-hetero) is 1. The van der Waals surface area contributed by atoms with Crippen molar-refractivity contribution in [3.63, 3.8) is 0 Å². The maximum absolute atomic E-state index is 13.3. The number of carbonyl (C=O) groups is 3. The highest BCUT2D eigenvalue weighted by Gasteiger charge is 2.61. The van der Waals surface area contributed by atoms with Crippen LogP contribution >= 0.6 is 23.4 Å². The minimum atomic E-state index is -0.840. The van der Waals surface area contributed by atoms with Crippen molar-refractivity contribution in [1.29, 1.82) is 0 Å². The Hall–Kier alpha value is -1.35. The molecular formula is C27H42ClN3O5S. The van der Waals surface area contributed by atoms with Crippen LogP contribution in [0.5, 0.6) is 0 Å². The third-order valence-electron chi connectivity index (χ3n) is 10.5. The Kier molecular flexibility index (Phi) is 9.14. The molecule has 4 aliphatic carbocycles. The molecule has 0 radical (unpaired) electrons. The number of esters is 1. The number of carbonyl (C=O) groups excluding carboxylic acids is 3. The van der Waals surface area contributed by atoms with Crippen molar-refractivity contribution < 1.29 is 19.1 Å². The van der Waals surface area contributed by atoms with Gasteiger partial charge in [-0.05, 0) is 92.5 Å². The number of hydrogen-bond donors (Lipinski definition) is 1. The first-order valence-electron chi connectivity index (χ1n) is 13.9. The molecule has 4 aliphatic rings. The highest BCUT2D eigenvalue weighted by atomic mass is 35.5. The Labute approximate surface area is 229 Å². The summed E-state index contributed by atoms with van der Waals surface area (Å²) in [5, 5.41) is 6.08. The van der Waals surface area contributed by atoms with Crippen LogP contribution < -0.4 is 5.32 Å². The summed E-state index contributed by atoms with van der Waals surface area (Å²) in [6.07, 6.45) is 11.0. The zero-order valence-corrected chi connectivity index (χ0v) is 24.0. The van der Waals surface area contributed by atoms with Gasteiger partial charge in [0, 0.05) is 24.1 Å². The topological polar surface area (TPSA) is 105 Å². The van der Waals surface area contributed by atoms with Gasteiger partial charge in [0.25, 0.3) is 0 Å². The van der Waals surface area contributed by atoms with Gasteiger partial charge in [0.05, 0.1) is 11.8 Å². The maximum atomic E-state index is 13.3. The van der Waals surface area contributed by atoms with Gasteiger partial charge in [-0.1, -0.05) is 13.8 Å². The van der Waals surface area contributed by atoms with Crippen molar-refractivity contribution in [1.82, 2.24) is 10.3 Å². The highest BCUT2D eigenvalue weighted by Crippen LogP contribution is 2.66. The number of amides is 2. The van der Waals surface area contributed by atoms with Gasteiger partial charge in [-0.2, -0.15) is 16.8 Å². The van der Waals surface area contributed by atoms with Crippen molar-refractivity contribution in [3.05, 3.63) is 4.91 Å². The predicted octanol–water partition coefficient (Wildman–Crippen LogP) is 5.56. The van der Waals surface area contributed by atoms with Gasteiger partial charge in [0.1, 0.15) is 17.9 Å². The molecule has 4 saturated carbocycles. The summed E-state index contributed by atoms with van der Waals surface area (Å²) in [6, 6.07) is -1.57. The van der Waals surface area contributed by atoms with E-state index in [-0.39, 0.29) is 29.4 Å². The maximum Gasteiger partial charge on any atom is 0.341 e. The highest BCUT2D eigenvalue weighted by molar-refractivity contribution is 7.98. The molecule has 0 aromatic heterocycles. The molecule has 0 heterocycles. The van der Waals surface area contributed by atoms with Gasteiger partial charge in [-0.25, -0.2) is 9.59 Å². The number of halogens is 1. The lowest BCUT2D eigenvalue weighted by Gasteiger charge is -2.60. The van der Waals surface area contributed by atoms with E-state index in [2.05, 4.69) is 24.5 Å². The molecule has 0 aromatic carbocycles. The zero-order chi connectivity index (χ0) is 26.8.